The van der Waals surface area contributed by atoms with Crippen molar-refractivity contribution in [3.63, 3.8) is 0 Å². The Balaban J connectivity index is 1.72. The summed E-state index contributed by atoms with van der Waals surface area (Å²) < 4.78 is 33.4. The first kappa shape index (κ1) is 28.1. The summed E-state index contributed by atoms with van der Waals surface area (Å²) in [6.45, 7) is 3.95. The summed E-state index contributed by atoms with van der Waals surface area (Å²) in [6.07, 6.45) is 0. The van der Waals surface area contributed by atoms with Gasteiger partial charge in [0, 0.05) is 28.0 Å². The second-order valence-electron chi connectivity index (χ2n) is 8.04. The SMILES string of the molecule is CCOC(=O)C(=O)N(Cc1cccc(Cl)c1)Cc1ccc(S(=O)(=O)NCC(C)c2ccc(Cl)cc2)s1. The van der Waals surface area contributed by atoms with E-state index in [0.717, 1.165) is 22.5 Å². The Kier molecular flexibility index (Phi) is 9.92. The van der Waals surface area contributed by atoms with Gasteiger partial charge in [-0.1, -0.05) is 54.4 Å². The van der Waals surface area contributed by atoms with Gasteiger partial charge in [-0.3, -0.25) is 4.79 Å². The molecule has 0 bridgehead atoms. The number of esters is 1. The van der Waals surface area contributed by atoms with Crippen molar-refractivity contribution in [2.75, 3.05) is 13.2 Å². The normalized spacial score (nSPS) is 12.2. The van der Waals surface area contributed by atoms with Gasteiger partial charge < -0.3 is 9.64 Å². The molecule has 1 atom stereocenters. The highest BCUT2D eigenvalue weighted by Gasteiger charge is 2.25. The summed E-state index contributed by atoms with van der Waals surface area (Å²) >= 11 is 13.0. The van der Waals surface area contributed by atoms with Crippen molar-refractivity contribution in [1.29, 1.82) is 0 Å². The maximum atomic E-state index is 12.9. The van der Waals surface area contributed by atoms with Crippen LogP contribution in [-0.2, 0) is 37.4 Å². The van der Waals surface area contributed by atoms with Crippen molar-refractivity contribution in [3.8, 4) is 0 Å². The minimum absolute atomic E-state index is 0.0333. The highest BCUT2D eigenvalue weighted by Crippen LogP contribution is 2.25. The van der Waals surface area contributed by atoms with Crippen LogP contribution in [0.5, 0.6) is 0 Å². The van der Waals surface area contributed by atoms with Crippen molar-refractivity contribution in [2.45, 2.75) is 37.1 Å². The quantitative estimate of drug-likeness (QED) is 0.267. The van der Waals surface area contributed by atoms with Crippen LogP contribution in [0.3, 0.4) is 0 Å². The standard InChI is InChI=1S/C25H26Cl2N2O5S2/c1-3-34-25(31)24(30)29(15-18-5-4-6-21(27)13-18)16-22-11-12-23(35-22)36(32,33)28-14-17(2)19-7-9-20(26)10-8-19/h4-13,17,28H,3,14-16H2,1-2H3. The van der Waals surface area contributed by atoms with E-state index in [4.69, 9.17) is 27.9 Å². The number of thiophene rings is 1. The van der Waals surface area contributed by atoms with E-state index in [1.807, 2.05) is 19.1 Å². The molecule has 1 heterocycles. The van der Waals surface area contributed by atoms with Gasteiger partial charge in [0.15, 0.2) is 0 Å². The molecule has 0 saturated heterocycles. The molecule has 0 aliphatic rings. The van der Waals surface area contributed by atoms with E-state index in [0.29, 0.717) is 14.9 Å². The fourth-order valence-electron chi connectivity index (χ4n) is 3.37. The molecule has 1 amide bonds. The number of hydrogen-bond acceptors (Lipinski definition) is 6. The lowest BCUT2D eigenvalue weighted by atomic mass is 10.0. The predicted octanol–water partition coefficient (Wildman–Crippen LogP) is 5.23. The second-order valence-corrected chi connectivity index (χ2v) is 12.1. The van der Waals surface area contributed by atoms with Gasteiger partial charge in [0.05, 0.1) is 13.2 Å². The van der Waals surface area contributed by atoms with E-state index in [1.165, 1.54) is 11.0 Å². The van der Waals surface area contributed by atoms with Crippen LogP contribution in [0.15, 0.2) is 64.9 Å². The first-order valence-corrected chi connectivity index (χ1v) is 14.2. The summed E-state index contributed by atoms with van der Waals surface area (Å²) in [4.78, 5) is 26.8. The number of sulfonamides is 1. The maximum absolute atomic E-state index is 12.9. The Bertz CT molecular complexity index is 1310. The Morgan fingerprint density at radius 2 is 1.75 bits per heavy atom. The van der Waals surface area contributed by atoms with E-state index in [1.54, 1.807) is 49.4 Å². The number of benzene rings is 2. The van der Waals surface area contributed by atoms with Gasteiger partial charge in [-0.25, -0.2) is 17.9 Å². The zero-order chi connectivity index (χ0) is 26.3. The molecular weight excluding hydrogens is 543 g/mol. The number of carbonyl (C=O) groups is 2. The average Bonchev–Trinajstić information content (AvgIpc) is 3.32. The summed E-state index contributed by atoms with van der Waals surface area (Å²) in [5.74, 6) is -1.85. The maximum Gasteiger partial charge on any atom is 0.397 e. The Labute approximate surface area is 225 Å². The Morgan fingerprint density at radius 3 is 2.42 bits per heavy atom. The molecule has 7 nitrogen and oxygen atoms in total. The molecule has 0 fully saturated rings. The zero-order valence-electron chi connectivity index (χ0n) is 19.7. The van der Waals surface area contributed by atoms with Crippen LogP contribution in [0, 0.1) is 0 Å². The summed E-state index contributed by atoms with van der Waals surface area (Å²) in [5, 5.41) is 1.11. The molecule has 0 aliphatic heterocycles. The topological polar surface area (TPSA) is 92.8 Å². The van der Waals surface area contributed by atoms with Crippen molar-refractivity contribution in [3.05, 3.63) is 86.7 Å². The Morgan fingerprint density at radius 1 is 1.03 bits per heavy atom. The molecule has 36 heavy (non-hydrogen) atoms. The first-order valence-electron chi connectivity index (χ1n) is 11.1. The van der Waals surface area contributed by atoms with Gasteiger partial charge in [-0.2, -0.15) is 0 Å². The van der Waals surface area contributed by atoms with E-state index < -0.39 is 21.9 Å². The van der Waals surface area contributed by atoms with E-state index in [9.17, 15) is 18.0 Å². The molecule has 11 heteroatoms. The number of carbonyl (C=O) groups excluding carboxylic acids is 2. The number of halogens is 2. The largest absolute Gasteiger partial charge is 0.459 e. The fourth-order valence-corrected chi connectivity index (χ4v) is 6.25. The molecule has 0 spiro atoms. The van der Waals surface area contributed by atoms with Crippen LogP contribution in [-0.4, -0.2) is 38.3 Å². The minimum Gasteiger partial charge on any atom is -0.459 e. The smallest absolute Gasteiger partial charge is 0.397 e. The highest BCUT2D eigenvalue weighted by molar-refractivity contribution is 7.91. The number of nitrogens with zero attached hydrogens (tertiary/aromatic N) is 1. The molecule has 3 rings (SSSR count). The number of nitrogens with one attached hydrogen (secondary N) is 1. The molecule has 1 N–H and O–H groups in total. The van der Waals surface area contributed by atoms with Crippen LogP contribution in [0.1, 0.15) is 35.8 Å². The third kappa shape index (κ3) is 7.78. The zero-order valence-corrected chi connectivity index (χ0v) is 22.9. The molecule has 0 saturated carbocycles. The van der Waals surface area contributed by atoms with Gasteiger partial charge in [0.25, 0.3) is 0 Å². The van der Waals surface area contributed by atoms with Crippen LogP contribution in [0.4, 0.5) is 0 Å². The van der Waals surface area contributed by atoms with Crippen LogP contribution in [0.2, 0.25) is 10.0 Å². The average molecular weight is 570 g/mol. The number of amides is 1. The van der Waals surface area contributed by atoms with Crippen molar-refractivity contribution in [2.24, 2.45) is 0 Å². The van der Waals surface area contributed by atoms with Crippen LogP contribution < -0.4 is 4.72 Å². The predicted molar refractivity (Wildman–Crippen MR) is 142 cm³/mol. The molecule has 1 unspecified atom stereocenters. The molecule has 1 aromatic heterocycles. The van der Waals surface area contributed by atoms with E-state index >= 15 is 0 Å². The van der Waals surface area contributed by atoms with Gasteiger partial charge in [-0.15, -0.1) is 11.3 Å². The van der Waals surface area contributed by atoms with Crippen molar-refractivity contribution >= 4 is 56.4 Å². The van der Waals surface area contributed by atoms with Gasteiger partial charge in [-0.05, 0) is 60.4 Å². The second kappa shape index (κ2) is 12.7. The monoisotopic (exact) mass is 568 g/mol. The third-order valence-electron chi connectivity index (χ3n) is 5.27. The molecule has 0 aliphatic carbocycles. The van der Waals surface area contributed by atoms with Gasteiger partial charge >= 0.3 is 11.9 Å². The molecule has 2 aromatic carbocycles. The first-order chi connectivity index (χ1) is 17.1. The van der Waals surface area contributed by atoms with Crippen molar-refractivity contribution in [1.82, 2.24) is 9.62 Å². The fraction of sp³-hybridized carbons (Fsp3) is 0.280. The van der Waals surface area contributed by atoms with Gasteiger partial charge in [0.1, 0.15) is 4.21 Å². The number of rotatable bonds is 10. The van der Waals surface area contributed by atoms with Crippen LogP contribution in [0.25, 0.3) is 0 Å². The lowest BCUT2D eigenvalue weighted by Crippen LogP contribution is -2.36. The summed E-state index contributed by atoms with van der Waals surface area (Å²) in [5.41, 5.74) is 1.69. The lowest BCUT2D eigenvalue weighted by molar-refractivity contribution is -0.160. The molecule has 192 valence electrons. The molecule has 3 aromatic rings. The highest BCUT2D eigenvalue weighted by atomic mass is 35.5. The van der Waals surface area contributed by atoms with Gasteiger partial charge in [0.2, 0.25) is 10.0 Å². The summed E-state index contributed by atoms with van der Waals surface area (Å²) in [7, 11) is -3.77. The van der Waals surface area contributed by atoms with E-state index in [-0.39, 0.29) is 36.4 Å². The van der Waals surface area contributed by atoms with E-state index in [2.05, 4.69) is 4.72 Å². The molecule has 0 radical (unpaired) electrons. The Hall–Kier alpha value is -2.43. The van der Waals surface area contributed by atoms with Crippen LogP contribution >= 0.6 is 34.5 Å². The molecular formula is C25H26Cl2N2O5S2. The lowest BCUT2D eigenvalue weighted by Gasteiger charge is -2.21. The summed E-state index contributed by atoms with van der Waals surface area (Å²) in [6, 6.07) is 17.3. The van der Waals surface area contributed by atoms with Crippen molar-refractivity contribution < 1.29 is 22.7 Å². The third-order valence-corrected chi connectivity index (χ3v) is 8.74. The number of ether oxygens (including phenoxy) is 1. The number of hydrogen-bond donors (Lipinski definition) is 1. The minimum atomic E-state index is -3.77.